The summed E-state index contributed by atoms with van der Waals surface area (Å²) in [4.78, 5) is 16.6. The molecule has 5 heteroatoms. The van der Waals surface area contributed by atoms with E-state index in [9.17, 15) is 4.79 Å². The molecule has 112 valence electrons. The van der Waals surface area contributed by atoms with Crippen molar-refractivity contribution in [2.75, 3.05) is 12.4 Å². The molecule has 0 spiro atoms. The number of carbonyl (C=O) groups excluding carboxylic acids is 1. The quantitative estimate of drug-likeness (QED) is 0.874. The maximum Gasteiger partial charge on any atom is 0.190 e. The lowest BCUT2D eigenvalue weighted by molar-refractivity contribution is 0.102. The van der Waals surface area contributed by atoms with Crippen molar-refractivity contribution in [1.82, 2.24) is 4.98 Å². The first-order valence-electron chi connectivity index (χ1n) is 6.96. The van der Waals surface area contributed by atoms with E-state index in [1.807, 2.05) is 18.2 Å². The highest BCUT2D eigenvalue weighted by Crippen LogP contribution is 2.28. The van der Waals surface area contributed by atoms with Gasteiger partial charge in [-0.1, -0.05) is 11.6 Å². The lowest BCUT2D eigenvalue weighted by Gasteiger charge is -2.18. The van der Waals surface area contributed by atoms with Gasteiger partial charge in [0, 0.05) is 23.5 Å². The number of pyridine rings is 1. The molecule has 4 nitrogen and oxygen atoms in total. The minimum atomic E-state index is 0.0466. The lowest BCUT2D eigenvalue weighted by atomic mass is 9.87. The number of ketones is 1. The monoisotopic (exact) mass is 314 g/mol. The second-order valence-electron chi connectivity index (χ2n) is 5.03. The summed E-state index contributed by atoms with van der Waals surface area (Å²) in [5, 5.41) is 3.63. The standard InChI is InChI=1S/C17H15ClN2O2/c1-22-14-5-6-15-11(8-14)2-3-12(17(15)21)9-19-16-7-4-13(18)10-20-16/h4-10H,2-3H2,1H3,(H,19,20)/b12-9+. The van der Waals surface area contributed by atoms with E-state index in [-0.39, 0.29) is 5.78 Å². The Hall–Kier alpha value is -2.33. The molecule has 1 aliphatic carbocycles. The number of anilines is 1. The molecule has 1 aliphatic rings. The normalized spacial score (nSPS) is 15.5. The van der Waals surface area contributed by atoms with Crippen LogP contribution in [0.2, 0.25) is 5.02 Å². The maximum atomic E-state index is 12.5. The number of nitrogens with zero attached hydrogens (tertiary/aromatic N) is 1. The summed E-state index contributed by atoms with van der Waals surface area (Å²) in [5.41, 5.74) is 2.52. The molecule has 1 heterocycles. The fraction of sp³-hybridized carbons (Fsp3) is 0.176. The Kier molecular flexibility index (Phi) is 4.11. The minimum Gasteiger partial charge on any atom is -0.497 e. The molecule has 1 aromatic carbocycles. The van der Waals surface area contributed by atoms with Gasteiger partial charge in [0.1, 0.15) is 11.6 Å². The molecule has 3 rings (SSSR count). The lowest BCUT2D eigenvalue weighted by Crippen LogP contribution is -2.15. The Morgan fingerprint density at radius 1 is 1.27 bits per heavy atom. The Bertz CT molecular complexity index is 739. The third-order valence-electron chi connectivity index (χ3n) is 3.63. The van der Waals surface area contributed by atoms with E-state index in [4.69, 9.17) is 16.3 Å². The van der Waals surface area contributed by atoms with Crippen LogP contribution < -0.4 is 10.1 Å². The number of Topliss-reactive ketones (excluding diaryl/α,β-unsaturated/α-hetero) is 1. The van der Waals surface area contributed by atoms with Crippen molar-refractivity contribution < 1.29 is 9.53 Å². The molecule has 2 aromatic rings. The number of benzene rings is 1. The first-order chi connectivity index (χ1) is 10.7. The minimum absolute atomic E-state index is 0.0466. The van der Waals surface area contributed by atoms with Crippen molar-refractivity contribution in [2.45, 2.75) is 12.8 Å². The van der Waals surface area contributed by atoms with E-state index in [0.717, 1.165) is 28.9 Å². The van der Waals surface area contributed by atoms with Gasteiger partial charge in [-0.3, -0.25) is 4.79 Å². The van der Waals surface area contributed by atoms with Crippen LogP contribution in [0.3, 0.4) is 0 Å². The molecule has 1 aromatic heterocycles. The van der Waals surface area contributed by atoms with Crippen LogP contribution in [-0.2, 0) is 6.42 Å². The summed E-state index contributed by atoms with van der Waals surface area (Å²) in [6, 6.07) is 9.08. The van der Waals surface area contributed by atoms with Crippen LogP contribution >= 0.6 is 11.6 Å². The zero-order chi connectivity index (χ0) is 15.5. The zero-order valence-corrected chi connectivity index (χ0v) is 12.9. The van der Waals surface area contributed by atoms with Crippen LogP contribution in [0.5, 0.6) is 5.75 Å². The van der Waals surface area contributed by atoms with Gasteiger partial charge in [-0.25, -0.2) is 4.98 Å². The molecule has 0 radical (unpaired) electrons. The fourth-order valence-corrected chi connectivity index (χ4v) is 2.55. The first-order valence-corrected chi connectivity index (χ1v) is 7.34. The van der Waals surface area contributed by atoms with Gasteiger partial charge in [-0.15, -0.1) is 0 Å². The number of halogens is 1. The van der Waals surface area contributed by atoms with E-state index in [1.54, 1.807) is 31.6 Å². The summed E-state index contributed by atoms with van der Waals surface area (Å²) in [5.74, 6) is 1.48. The first kappa shape index (κ1) is 14.6. The molecular weight excluding hydrogens is 300 g/mol. The number of allylic oxidation sites excluding steroid dienone is 1. The van der Waals surface area contributed by atoms with E-state index < -0.39 is 0 Å². The van der Waals surface area contributed by atoms with Gasteiger partial charge in [-0.05, 0) is 48.7 Å². The third kappa shape index (κ3) is 2.97. The topological polar surface area (TPSA) is 51.2 Å². The Balaban J connectivity index is 1.80. The Labute approximate surface area is 133 Å². The van der Waals surface area contributed by atoms with Crippen molar-refractivity contribution in [1.29, 1.82) is 0 Å². The highest BCUT2D eigenvalue weighted by molar-refractivity contribution is 6.30. The predicted octanol–water partition coefficient (Wildman–Crippen LogP) is 3.87. The number of rotatable bonds is 3. The number of hydrogen-bond acceptors (Lipinski definition) is 4. The van der Waals surface area contributed by atoms with Crippen molar-refractivity contribution in [3.8, 4) is 5.75 Å². The van der Waals surface area contributed by atoms with E-state index >= 15 is 0 Å². The van der Waals surface area contributed by atoms with Gasteiger partial charge in [0.05, 0.1) is 12.1 Å². The molecule has 0 atom stereocenters. The molecule has 0 unspecified atom stereocenters. The van der Waals surface area contributed by atoms with Gasteiger partial charge in [0.15, 0.2) is 5.78 Å². The molecular formula is C17H15ClN2O2. The highest BCUT2D eigenvalue weighted by Gasteiger charge is 2.22. The highest BCUT2D eigenvalue weighted by atomic mass is 35.5. The van der Waals surface area contributed by atoms with Gasteiger partial charge in [0.25, 0.3) is 0 Å². The maximum absolute atomic E-state index is 12.5. The van der Waals surface area contributed by atoms with Gasteiger partial charge < -0.3 is 10.1 Å². The number of ether oxygens (including phenoxy) is 1. The number of aryl methyl sites for hydroxylation is 1. The summed E-state index contributed by atoms with van der Waals surface area (Å²) in [6.07, 6.45) is 4.80. The average Bonchev–Trinajstić information content (AvgIpc) is 2.55. The molecule has 22 heavy (non-hydrogen) atoms. The number of carbonyl (C=O) groups is 1. The van der Waals surface area contributed by atoms with E-state index in [0.29, 0.717) is 17.3 Å². The number of fused-ring (bicyclic) bond motifs is 1. The van der Waals surface area contributed by atoms with Crippen molar-refractivity contribution >= 4 is 23.2 Å². The van der Waals surface area contributed by atoms with Crippen LogP contribution in [-0.4, -0.2) is 17.9 Å². The smallest absolute Gasteiger partial charge is 0.190 e. The van der Waals surface area contributed by atoms with E-state index in [2.05, 4.69) is 10.3 Å². The van der Waals surface area contributed by atoms with Crippen LogP contribution in [0.25, 0.3) is 0 Å². The molecule has 0 fully saturated rings. The van der Waals surface area contributed by atoms with Crippen LogP contribution in [0, 0.1) is 0 Å². The number of methoxy groups -OCH3 is 1. The van der Waals surface area contributed by atoms with Crippen LogP contribution in [0.4, 0.5) is 5.82 Å². The number of nitrogens with one attached hydrogen (secondary N) is 1. The van der Waals surface area contributed by atoms with Crippen molar-refractivity contribution in [3.63, 3.8) is 0 Å². The van der Waals surface area contributed by atoms with Gasteiger partial charge >= 0.3 is 0 Å². The Morgan fingerprint density at radius 3 is 2.86 bits per heavy atom. The van der Waals surface area contributed by atoms with E-state index in [1.165, 1.54) is 0 Å². The molecule has 0 amide bonds. The van der Waals surface area contributed by atoms with Crippen LogP contribution in [0.15, 0.2) is 48.3 Å². The average molecular weight is 315 g/mol. The van der Waals surface area contributed by atoms with Gasteiger partial charge in [-0.2, -0.15) is 0 Å². The molecule has 1 N–H and O–H groups in total. The predicted molar refractivity (Wildman–Crippen MR) is 86.6 cm³/mol. The van der Waals surface area contributed by atoms with Crippen molar-refractivity contribution in [3.05, 3.63) is 64.5 Å². The van der Waals surface area contributed by atoms with Crippen molar-refractivity contribution in [2.24, 2.45) is 0 Å². The summed E-state index contributed by atoms with van der Waals surface area (Å²) in [7, 11) is 1.63. The van der Waals surface area contributed by atoms with Gasteiger partial charge in [0.2, 0.25) is 0 Å². The molecule has 0 bridgehead atoms. The number of aromatic nitrogens is 1. The summed E-state index contributed by atoms with van der Waals surface area (Å²) < 4.78 is 5.20. The fourth-order valence-electron chi connectivity index (χ4n) is 2.44. The summed E-state index contributed by atoms with van der Waals surface area (Å²) >= 11 is 5.79. The molecule has 0 saturated heterocycles. The zero-order valence-electron chi connectivity index (χ0n) is 12.1. The number of hydrogen-bond donors (Lipinski definition) is 1. The second kappa shape index (κ2) is 6.20. The third-order valence-corrected chi connectivity index (χ3v) is 3.86. The summed E-state index contributed by atoms with van der Waals surface area (Å²) in [6.45, 7) is 0. The molecule has 0 saturated carbocycles. The second-order valence-corrected chi connectivity index (χ2v) is 5.46. The SMILES string of the molecule is COc1ccc2c(c1)CC/C(=C\Nc1ccc(Cl)cn1)C2=O. The Morgan fingerprint density at radius 2 is 2.14 bits per heavy atom. The van der Waals surface area contributed by atoms with Crippen LogP contribution in [0.1, 0.15) is 22.3 Å². The molecule has 0 aliphatic heterocycles. The largest absolute Gasteiger partial charge is 0.497 e.